The molecule has 1 fully saturated rings. The van der Waals surface area contributed by atoms with Crippen LogP contribution in [0.15, 0.2) is 23.5 Å². The molecule has 1 heterocycles. The number of carboxylic acids is 1. The summed E-state index contributed by atoms with van der Waals surface area (Å²) in [6.07, 6.45) is 6.29. The number of aliphatic hydroxyl groups is 1. The molecule has 1 aliphatic heterocycles. The first-order valence-electron chi connectivity index (χ1n) is 9.71. The van der Waals surface area contributed by atoms with Crippen molar-refractivity contribution in [2.24, 2.45) is 17.8 Å². The number of carboxylic acid groups (broad SMARTS) is 1. The van der Waals surface area contributed by atoms with E-state index in [1.165, 1.54) is 0 Å². The highest BCUT2D eigenvalue weighted by Crippen LogP contribution is 2.23. The van der Waals surface area contributed by atoms with Crippen LogP contribution in [0.2, 0.25) is 0 Å². The minimum atomic E-state index is -0.815. The van der Waals surface area contributed by atoms with Crippen LogP contribution >= 0.6 is 0 Å². The molecule has 6 nitrogen and oxygen atoms in total. The van der Waals surface area contributed by atoms with Crippen molar-refractivity contribution in [1.29, 1.82) is 0 Å². The van der Waals surface area contributed by atoms with Crippen LogP contribution in [0.25, 0.3) is 0 Å². The van der Waals surface area contributed by atoms with Crippen LogP contribution in [0.1, 0.15) is 66.2 Å². The molecule has 27 heavy (non-hydrogen) atoms. The van der Waals surface area contributed by atoms with Crippen molar-refractivity contribution < 1.29 is 29.3 Å². The third kappa shape index (κ3) is 7.57. The first-order valence-corrected chi connectivity index (χ1v) is 9.71. The van der Waals surface area contributed by atoms with E-state index in [4.69, 9.17) is 4.74 Å². The topological polar surface area (TPSA) is 101 Å². The standard InChI is InChI=1S/C21H32O6/c1-5-13(2)11-16(20(24)25)8-6-7-14(3)9-10-17(22)19-18(23)12-15(4)27-21(19)26/h6,8,13-16,22H,5,7,9-12H2,1-4H3,(H,24,25)/b8-6+,19-17?/t13-,14-,15+,16+/m0/s1. The highest BCUT2D eigenvalue weighted by Gasteiger charge is 2.32. The van der Waals surface area contributed by atoms with E-state index in [-0.39, 0.29) is 35.9 Å². The maximum Gasteiger partial charge on any atom is 0.345 e. The minimum Gasteiger partial charge on any atom is -0.511 e. The van der Waals surface area contributed by atoms with E-state index in [9.17, 15) is 24.6 Å². The van der Waals surface area contributed by atoms with Crippen molar-refractivity contribution in [3.05, 3.63) is 23.5 Å². The van der Waals surface area contributed by atoms with Gasteiger partial charge >= 0.3 is 11.9 Å². The molecule has 0 saturated carbocycles. The molecule has 0 aromatic carbocycles. The predicted octanol–water partition coefficient (Wildman–Crippen LogP) is 4.20. The Labute approximate surface area is 161 Å². The molecule has 0 unspecified atom stereocenters. The number of carbonyl (C=O) groups excluding carboxylic acids is 2. The lowest BCUT2D eigenvalue weighted by atomic mass is 9.92. The van der Waals surface area contributed by atoms with Crippen LogP contribution in [0.3, 0.4) is 0 Å². The number of carbonyl (C=O) groups is 3. The van der Waals surface area contributed by atoms with Gasteiger partial charge in [0.25, 0.3) is 0 Å². The fourth-order valence-electron chi connectivity index (χ4n) is 3.00. The third-order valence-electron chi connectivity index (χ3n) is 5.00. The molecule has 0 radical (unpaired) electrons. The Bertz CT molecular complexity index is 584. The van der Waals surface area contributed by atoms with Crippen LogP contribution < -0.4 is 0 Å². The second kappa shape index (κ2) is 10.9. The highest BCUT2D eigenvalue weighted by atomic mass is 16.5. The van der Waals surface area contributed by atoms with Gasteiger partial charge < -0.3 is 14.9 Å². The Morgan fingerprint density at radius 2 is 1.93 bits per heavy atom. The van der Waals surface area contributed by atoms with Gasteiger partial charge in [-0.15, -0.1) is 0 Å². The molecule has 1 saturated heterocycles. The second-order valence-electron chi connectivity index (χ2n) is 7.67. The Morgan fingerprint density at radius 3 is 2.48 bits per heavy atom. The van der Waals surface area contributed by atoms with Crippen molar-refractivity contribution in [2.75, 3.05) is 0 Å². The molecular weight excluding hydrogens is 348 g/mol. The first kappa shape index (κ1) is 22.9. The summed E-state index contributed by atoms with van der Waals surface area (Å²) < 4.78 is 5.01. The van der Waals surface area contributed by atoms with Gasteiger partial charge in [0.2, 0.25) is 0 Å². The number of cyclic esters (lactones) is 1. The van der Waals surface area contributed by atoms with Gasteiger partial charge in [-0.2, -0.15) is 0 Å². The minimum absolute atomic E-state index is 0.0934. The van der Waals surface area contributed by atoms with E-state index in [1.54, 1.807) is 13.0 Å². The van der Waals surface area contributed by atoms with Gasteiger partial charge in [-0.1, -0.05) is 39.3 Å². The number of Topliss-reactive ketones (excluding diaryl/α,β-unsaturated/α-hetero) is 1. The van der Waals surface area contributed by atoms with Crippen LogP contribution in [-0.2, 0) is 19.1 Å². The van der Waals surface area contributed by atoms with Crippen molar-refractivity contribution in [3.63, 3.8) is 0 Å². The Balaban J connectivity index is 2.55. The highest BCUT2D eigenvalue weighted by molar-refractivity contribution is 6.19. The normalized spacial score (nSPS) is 23.0. The summed E-state index contributed by atoms with van der Waals surface area (Å²) in [5, 5.41) is 19.4. The smallest absolute Gasteiger partial charge is 0.345 e. The molecule has 0 aromatic rings. The third-order valence-corrected chi connectivity index (χ3v) is 5.00. The summed E-state index contributed by atoms with van der Waals surface area (Å²) in [7, 11) is 0. The summed E-state index contributed by atoms with van der Waals surface area (Å²) in [5.74, 6) is -2.11. The number of ketones is 1. The average Bonchev–Trinajstić information content (AvgIpc) is 2.57. The van der Waals surface area contributed by atoms with Crippen molar-refractivity contribution >= 4 is 17.7 Å². The Hall–Kier alpha value is -2.11. The fraction of sp³-hybridized carbons (Fsp3) is 0.667. The lowest BCUT2D eigenvalue weighted by Gasteiger charge is -2.20. The molecule has 0 spiro atoms. The maximum atomic E-state index is 11.9. The molecule has 0 amide bonds. The Morgan fingerprint density at radius 1 is 1.26 bits per heavy atom. The Kier molecular flexibility index (Phi) is 9.26. The van der Waals surface area contributed by atoms with E-state index in [2.05, 4.69) is 0 Å². The molecule has 0 aliphatic carbocycles. The number of aliphatic carboxylic acids is 1. The first-order chi connectivity index (χ1) is 12.6. The molecule has 152 valence electrons. The summed E-state index contributed by atoms with van der Waals surface area (Å²) in [6, 6.07) is 0. The van der Waals surface area contributed by atoms with Gasteiger partial charge in [0.1, 0.15) is 17.4 Å². The van der Waals surface area contributed by atoms with Crippen molar-refractivity contribution in [2.45, 2.75) is 72.3 Å². The number of allylic oxidation sites excluding steroid dienone is 2. The van der Waals surface area contributed by atoms with E-state index in [0.717, 1.165) is 6.42 Å². The maximum absolute atomic E-state index is 11.9. The zero-order valence-electron chi connectivity index (χ0n) is 16.7. The SMILES string of the molecule is CC[C@H](C)C[C@@H](/C=C/C[C@H](C)CCC(O)=C1C(=O)C[C@@H](C)OC1=O)C(=O)O. The zero-order chi connectivity index (χ0) is 20.6. The molecule has 6 heteroatoms. The number of hydrogen-bond acceptors (Lipinski definition) is 5. The number of ether oxygens (including phenoxy) is 1. The molecule has 1 aliphatic rings. The van der Waals surface area contributed by atoms with E-state index in [1.807, 2.05) is 26.8 Å². The lowest BCUT2D eigenvalue weighted by molar-refractivity contribution is -0.150. The molecular formula is C21H32O6. The molecule has 2 N–H and O–H groups in total. The average molecular weight is 380 g/mol. The number of rotatable bonds is 10. The van der Waals surface area contributed by atoms with E-state index in [0.29, 0.717) is 25.2 Å². The number of hydrogen-bond donors (Lipinski definition) is 2. The van der Waals surface area contributed by atoms with Gasteiger partial charge in [0.05, 0.1) is 5.92 Å². The van der Waals surface area contributed by atoms with Crippen molar-refractivity contribution in [3.8, 4) is 0 Å². The van der Waals surface area contributed by atoms with Gasteiger partial charge in [0.15, 0.2) is 5.78 Å². The number of aliphatic hydroxyl groups excluding tert-OH is 1. The van der Waals surface area contributed by atoms with Gasteiger partial charge in [-0.25, -0.2) is 4.79 Å². The van der Waals surface area contributed by atoms with Crippen LogP contribution in [-0.4, -0.2) is 34.0 Å². The summed E-state index contributed by atoms with van der Waals surface area (Å²) >= 11 is 0. The van der Waals surface area contributed by atoms with Gasteiger partial charge in [-0.05, 0) is 38.0 Å². The molecule has 0 aromatic heterocycles. The monoisotopic (exact) mass is 380 g/mol. The predicted molar refractivity (Wildman–Crippen MR) is 102 cm³/mol. The van der Waals surface area contributed by atoms with Crippen LogP contribution in [0.5, 0.6) is 0 Å². The molecule has 4 atom stereocenters. The van der Waals surface area contributed by atoms with Crippen LogP contribution in [0, 0.1) is 17.8 Å². The van der Waals surface area contributed by atoms with Gasteiger partial charge in [-0.3, -0.25) is 9.59 Å². The largest absolute Gasteiger partial charge is 0.511 e. The fourth-order valence-corrected chi connectivity index (χ4v) is 3.00. The summed E-state index contributed by atoms with van der Waals surface area (Å²) in [5.41, 5.74) is -0.227. The summed E-state index contributed by atoms with van der Waals surface area (Å²) in [4.78, 5) is 35.1. The molecule has 0 bridgehead atoms. The van der Waals surface area contributed by atoms with Crippen molar-refractivity contribution in [1.82, 2.24) is 0 Å². The second-order valence-corrected chi connectivity index (χ2v) is 7.67. The zero-order valence-corrected chi connectivity index (χ0v) is 16.7. The van der Waals surface area contributed by atoms with Crippen LogP contribution in [0.4, 0.5) is 0 Å². The van der Waals surface area contributed by atoms with Gasteiger partial charge in [0, 0.05) is 12.8 Å². The quantitative estimate of drug-likeness (QED) is 0.194. The van der Waals surface area contributed by atoms with E-state index < -0.39 is 24.0 Å². The lowest BCUT2D eigenvalue weighted by Crippen LogP contribution is -2.31. The number of esters is 1. The molecule has 1 rings (SSSR count). The van der Waals surface area contributed by atoms with E-state index >= 15 is 0 Å². The summed E-state index contributed by atoms with van der Waals surface area (Å²) in [6.45, 7) is 7.71.